The summed E-state index contributed by atoms with van der Waals surface area (Å²) in [5.74, 6) is 0. The molecule has 1 radical (unpaired) electrons. The van der Waals surface area contributed by atoms with Gasteiger partial charge >= 0.3 is 6.04 Å². The molecule has 0 aromatic rings. The van der Waals surface area contributed by atoms with E-state index >= 15 is 0 Å². The van der Waals surface area contributed by atoms with E-state index in [0.717, 1.165) is 0 Å². The molecular weight excluding hydrogens is 162 g/mol. The topological polar surface area (TPSA) is 34.1 Å². The third-order valence-corrected chi connectivity index (χ3v) is 0.466. The fourth-order valence-corrected chi connectivity index (χ4v) is 0. The van der Waals surface area contributed by atoms with Gasteiger partial charge in [0.05, 0.1) is 0 Å². The van der Waals surface area contributed by atoms with E-state index in [1.54, 1.807) is 0 Å². The summed E-state index contributed by atoms with van der Waals surface area (Å²) in [6.07, 6.45) is 0. The van der Waals surface area contributed by atoms with Gasteiger partial charge in [-0.3, -0.25) is 9.59 Å². The van der Waals surface area contributed by atoms with Crippen molar-refractivity contribution in [1.82, 2.24) is 0 Å². The zero-order chi connectivity index (χ0) is 5.15. The molecule has 0 heterocycles. The van der Waals surface area contributed by atoms with E-state index in [-0.39, 0.29) is 18.9 Å². The van der Waals surface area contributed by atoms with Gasteiger partial charge in [-0.25, -0.2) is 0 Å². The summed E-state index contributed by atoms with van der Waals surface area (Å²) in [4.78, 5) is 18.4. The first-order valence-electron chi connectivity index (χ1n) is 1.04. The third-order valence-electron chi connectivity index (χ3n) is 0.155. The normalized spacial score (nSPS) is 6.57. The van der Waals surface area contributed by atoms with E-state index in [0.29, 0.717) is 0 Å². The van der Waals surface area contributed by atoms with Gasteiger partial charge < -0.3 is 0 Å². The summed E-state index contributed by atoms with van der Waals surface area (Å²) in [6, 6.07) is -1.96. The maximum atomic E-state index is 10.8. The van der Waals surface area contributed by atoms with Gasteiger partial charge in [0.1, 0.15) is 0 Å². The number of hydrogen-bond acceptors (Lipinski definition) is 2. The summed E-state index contributed by atoms with van der Waals surface area (Å²) < 4.78 is 9.55. The van der Waals surface area contributed by atoms with Gasteiger partial charge in [0.15, 0.2) is 0 Å². The second-order valence-electron chi connectivity index (χ2n) is 0.547. The van der Waals surface area contributed by atoms with Crippen LogP contribution in [0.15, 0.2) is 0 Å². The largest absolute Gasteiger partial charge is 0.379 e. The van der Waals surface area contributed by atoms with Crippen molar-refractivity contribution in [2.45, 2.75) is 0 Å². The van der Waals surface area contributed by atoms with Crippen molar-refractivity contribution in [3.05, 3.63) is 0 Å². The molecule has 0 aromatic heterocycles. The molecule has 0 amide bonds. The molecule has 35 valence electrons. The molecule has 0 N–H and O–H groups in total. The van der Waals surface area contributed by atoms with Crippen molar-refractivity contribution in [3.8, 4) is 0 Å². The number of hydrogen-bond donors (Lipinski definition) is 0. The first-order chi connectivity index (χ1) is 2.64. The van der Waals surface area contributed by atoms with Crippen LogP contribution in [0.4, 0.5) is 4.39 Å². The molecule has 0 fully saturated rings. The predicted molar refractivity (Wildman–Crippen MR) is 25.8 cm³/mol. The van der Waals surface area contributed by atoms with E-state index < -0.39 is 10.7 Å². The molecule has 0 saturated heterocycles. The molecular formula is C2BrFLiO2. The van der Waals surface area contributed by atoms with Crippen molar-refractivity contribution in [1.29, 1.82) is 0 Å². The Balaban J connectivity index is 0. The predicted octanol–water partition coefficient (Wildman–Crippen LogP) is 0.0232. The summed E-state index contributed by atoms with van der Waals surface area (Å²) in [5.41, 5.74) is 0. The smallest absolute Gasteiger partial charge is 0.274 e. The van der Waals surface area contributed by atoms with Gasteiger partial charge in [0, 0.05) is 34.8 Å². The number of carbonyl (C=O) groups is 2. The minimum absolute atomic E-state index is 0. The van der Waals surface area contributed by atoms with Crippen LogP contribution in [0.3, 0.4) is 0 Å². The zero-order valence-electron chi connectivity index (χ0n) is 3.57. The summed E-state index contributed by atoms with van der Waals surface area (Å²) >= 11 is 2.08. The van der Waals surface area contributed by atoms with Crippen LogP contribution in [-0.2, 0) is 9.59 Å². The Hall–Kier alpha value is 0.347. The van der Waals surface area contributed by atoms with Crippen LogP contribution in [0.1, 0.15) is 0 Å². The maximum absolute atomic E-state index is 10.8. The second-order valence-corrected chi connectivity index (χ2v) is 1.27. The van der Waals surface area contributed by atoms with Gasteiger partial charge in [0.2, 0.25) is 0 Å². The van der Waals surface area contributed by atoms with Crippen LogP contribution in [0.25, 0.3) is 0 Å². The Bertz CT molecular complexity index is 81.7. The van der Waals surface area contributed by atoms with Crippen molar-refractivity contribution in [2.75, 3.05) is 0 Å². The number of rotatable bonds is 1. The molecule has 0 aliphatic carbocycles. The quantitative estimate of drug-likeness (QED) is 0.309. The Morgan fingerprint density at radius 1 is 1.43 bits per heavy atom. The van der Waals surface area contributed by atoms with E-state index in [4.69, 9.17) is 4.79 Å². The van der Waals surface area contributed by atoms with Crippen molar-refractivity contribution in [3.63, 3.8) is 0 Å². The average molecular weight is 162 g/mol. The molecule has 7 heavy (non-hydrogen) atoms. The van der Waals surface area contributed by atoms with Crippen LogP contribution in [-0.4, -0.2) is 29.6 Å². The first kappa shape index (κ1) is 10.4. The van der Waals surface area contributed by atoms with Crippen LogP contribution in [0.2, 0.25) is 0 Å². The molecule has 0 atom stereocenters. The fourth-order valence-electron chi connectivity index (χ4n) is 0. The Morgan fingerprint density at radius 3 is 1.57 bits per heavy atom. The summed E-state index contributed by atoms with van der Waals surface area (Å²) in [6.45, 7) is 0. The van der Waals surface area contributed by atoms with E-state index in [1.165, 1.54) is 0 Å². The molecule has 0 aromatic carbocycles. The number of carbonyl (C=O) groups excluding carboxylic acids is 2. The van der Waals surface area contributed by atoms with E-state index in [2.05, 4.69) is 15.9 Å². The molecule has 5 heteroatoms. The van der Waals surface area contributed by atoms with Crippen LogP contribution >= 0.6 is 15.9 Å². The molecule has 0 spiro atoms. The Morgan fingerprint density at radius 2 is 1.57 bits per heavy atom. The van der Waals surface area contributed by atoms with Gasteiger partial charge in [-0.1, -0.05) is 0 Å². The third kappa shape index (κ3) is 6.35. The Kier molecular flexibility index (Phi) is 6.66. The molecule has 0 bridgehead atoms. The molecule has 2 nitrogen and oxygen atoms in total. The number of halogens is 2. The van der Waals surface area contributed by atoms with Gasteiger partial charge in [-0.2, -0.15) is 4.39 Å². The monoisotopic (exact) mass is 161 g/mol. The van der Waals surface area contributed by atoms with E-state index in [1.807, 2.05) is 0 Å². The zero-order valence-corrected chi connectivity index (χ0v) is 5.16. The SMILES string of the molecule is O=C(F)C(=O)Br.[Li]. The fraction of sp³-hybridized carbons (Fsp3) is 0. The molecule has 0 saturated carbocycles. The van der Waals surface area contributed by atoms with Gasteiger partial charge in [-0.05, 0) is 0 Å². The molecule has 0 unspecified atom stereocenters. The van der Waals surface area contributed by atoms with Crippen LogP contribution in [0, 0.1) is 0 Å². The maximum Gasteiger partial charge on any atom is 0.379 e. The molecule has 0 aliphatic heterocycles. The summed E-state index contributed by atoms with van der Waals surface area (Å²) in [5, 5.41) is 0. The van der Waals surface area contributed by atoms with Crippen LogP contribution in [0.5, 0.6) is 0 Å². The van der Waals surface area contributed by atoms with Gasteiger partial charge in [0.25, 0.3) is 4.69 Å². The molecule has 0 rings (SSSR count). The van der Waals surface area contributed by atoms with Crippen molar-refractivity contribution >= 4 is 45.5 Å². The minimum Gasteiger partial charge on any atom is -0.274 e. The molecule has 0 aliphatic rings. The average Bonchev–Trinajstić information content (AvgIpc) is 1.36. The van der Waals surface area contributed by atoms with Gasteiger partial charge in [-0.15, -0.1) is 0 Å². The summed E-state index contributed by atoms with van der Waals surface area (Å²) in [7, 11) is 0. The minimum atomic E-state index is -1.96. The van der Waals surface area contributed by atoms with Crippen molar-refractivity contribution in [2.24, 2.45) is 0 Å². The van der Waals surface area contributed by atoms with Crippen LogP contribution < -0.4 is 0 Å². The first-order valence-corrected chi connectivity index (χ1v) is 1.83. The standard InChI is InChI=1S/C2BrFO2.Li/c3-1(5)2(4)6;. The second kappa shape index (κ2) is 4.50. The van der Waals surface area contributed by atoms with Crippen molar-refractivity contribution < 1.29 is 14.0 Å². The van der Waals surface area contributed by atoms with E-state index in [9.17, 15) is 9.18 Å². The Labute approximate surface area is 59.8 Å².